The molecule has 12 heteroatoms. The van der Waals surface area contributed by atoms with E-state index in [1.54, 1.807) is 18.2 Å². The molecule has 3 aromatic heterocycles. The fourth-order valence-corrected chi connectivity index (χ4v) is 4.18. The number of benzene rings is 1. The fourth-order valence-electron chi connectivity index (χ4n) is 4.18. The Labute approximate surface area is 191 Å². The van der Waals surface area contributed by atoms with Crippen molar-refractivity contribution in [1.82, 2.24) is 34.5 Å². The Balaban J connectivity index is 1.62. The molecule has 2 atom stereocenters. The van der Waals surface area contributed by atoms with Crippen LogP contribution in [0.1, 0.15) is 10.5 Å². The Kier molecular flexibility index (Phi) is 4.66. The lowest BCUT2D eigenvalue weighted by molar-refractivity contribution is 0.149. The molecule has 9 nitrogen and oxygen atoms in total. The first-order valence-corrected chi connectivity index (χ1v) is 10.4. The SMILES string of the molecule is [2H]C([2H])([2H])Oc1nc(N[C@H]2CCN(C)C[C@H]2F)nn2cc(F)c(-c3ccc4nnn(CCF)c4c3)c12. The number of likely N-dealkylation sites (tertiary alicyclic amines) is 1. The van der Waals surface area contributed by atoms with Gasteiger partial charge in [0.2, 0.25) is 11.8 Å². The Hall–Kier alpha value is -3.41. The van der Waals surface area contributed by atoms with E-state index in [9.17, 15) is 8.78 Å². The van der Waals surface area contributed by atoms with Crippen LogP contribution in [0, 0.1) is 5.82 Å². The maximum absolute atomic E-state index is 15.3. The van der Waals surface area contributed by atoms with Crippen LogP contribution in [-0.2, 0) is 6.54 Å². The molecule has 1 fully saturated rings. The summed E-state index contributed by atoms with van der Waals surface area (Å²) in [5.74, 6) is -1.21. The quantitative estimate of drug-likeness (QED) is 0.471. The van der Waals surface area contributed by atoms with E-state index in [2.05, 4.69) is 25.7 Å². The van der Waals surface area contributed by atoms with Crippen molar-refractivity contribution >= 4 is 22.5 Å². The molecular weight excluding hydrogens is 437 g/mol. The minimum absolute atomic E-state index is 0.0154. The minimum Gasteiger partial charge on any atom is -0.479 e. The maximum atomic E-state index is 15.3. The average molecular weight is 463 g/mol. The monoisotopic (exact) mass is 463 g/mol. The largest absolute Gasteiger partial charge is 0.479 e. The van der Waals surface area contributed by atoms with Crippen molar-refractivity contribution in [3.63, 3.8) is 0 Å². The minimum atomic E-state index is -2.89. The van der Waals surface area contributed by atoms with Crippen molar-refractivity contribution in [3.8, 4) is 17.0 Å². The molecule has 1 aromatic carbocycles. The van der Waals surface area contributed by atoms with Gasteiger partial charge in [-0.05, 0) is 31.2 Å². The smallest absolute Gasteiger partial charge is 0.244 e. The molecule has 0 bridgehead atoms. The zero-order valence-corrected chi connectivity index (χ0v) is 17.7. The highest BCUT2D eigenvalue weighted by Gasteiger charge is 2.29. The first kappa shape index (κ1) is 18.1. The zero-order valence-electron chi connectivity index (χ0n) is 20.7. The predicted octanol–water partition coefficient (Wildman–Crippen LogP) is 2.71. The summed E-state index contributed by atoms with van der Waals surface area (Å²) < 4.78 is 73.1. The maximum Gasteiger partial charge on any atom is 0.244 e. The molecule has 0 unspecified atom stereocenters. The topological polar surface area (TPSA) is 85.4 Å². The van der Waals surface area contributed by atoms with Gasteiger partial charge in [0.1, 0.15) is 23.9 Å². The molecule has 0 amide bonds. The van der Waals surface area contributed by atoms with Gasteiger partial charge in [0.15, 0.2) is 5.82 Å². The van der Waals surface area contributed by atoms with Gasteiger partial charge in [0, 0.05) is 13.1 Å². The Bertz CT molecular complexity index is 1410. The highest BCUT2D eigenvalue weighted by Crippen LogP contribution is 2.35. The summed E-state index contributed by atoms with van der Waals surface area (Å²) in [5, 5.41) is 15.0. The summed E-state index contributed by atoms with van der Waals surface area (Å²) >= 11 is 0. The number of alkyl halides is 2. The van der Waals surface area contributed by atoms with Gasteiger partial charge in [-0.3, -0.25) is 0 Å². The second kappa shape index (κ2) is 8.50. The molecule has 4 heterocycles. The number of fused-ring (bicyclic) bond motifs is 2. The van der Waals surface area contributed by atoms with Crippen LogP contribution < -0.4 is 10.1 Å². The summed E-state index contributed by atoms with van der Waals surface area (Å²) in [6, 6.07) is 4.13. The number of methoxy groups -OCH3 is 1. The van der Waals surface area contributed by atoms with Gasteiger partial charge in [-0.15, -0.1) is 10.2 Å². The lowest BCUT2D eigenvalue weighted by atomic mass is 10.0. The number of rotatable bonds is 6. The van der Waals surface area contributed by atoms with Crippen LogP contribution in [-0.4, -0.2) is 80.6 Å². The molecule has 1 saturated heterocycles. The van der Waals surface area contributed by atoms with E-state index in [-0.39, 0.29) is 30.1 Å². The third-order valence-corrected chi connectivity index (χ3v) is 5.81. The molecular formula is C21H23F3N8O. The van der Waals surface area contributed by atoms with E-state index >= 15 is 4.39 Å². The van der Waals surface area contributed by atoms with Gasteiger partial charge in [0.25, 0.3) is 0 Å². The standard InChI is InChI=1S/C21H23F3N8O/c1-30-7-5-15(13(23)10-30)25-21-26-20(33-2)19-18(14(24)11-32(19)28-21)12-3-4-16-17(9-12)31(8-6-22)29-27-16/h3-4,9,11,13,15H,5-8,10H2,1-2H3,(H,25,28)/t13-,15+/m1/s1/i2D3. The van der Waals surface area contributed by atoms with Crippen molar-refractivity contribution in [2.24, 2.45) is 0 Å². The van der Waals surface area contributed by atoms with Gasteiger partial charge >= 0.3 is 0 Å². The van der Waals surface area contributed by atoms with E-state index in [0.29, 0.717) is 29.6 Å². The second-order valence-corrected chi connectivity index (χ2v) is 8.01. The number of hydrogen-bond acceptors (Lipinski definition) is 7. The molecule has 1 aliphatic rings. The molecule has 5 rings (SSSR count). The van der Waals surface area contributed by atoms with E-state index in [4.69, 9.17) is 8.85 Å². The Morgan fingerprint density at radius 1 is 1.36 bits per heavy atom. The van der Waals surface area contributed by atoms with Gasteiger partial charge in [-0.2, -0.15) is 4.98 Å². The van der Waals surface area contributed by atoms with Gasteiger partial charge in [-0.25, -0.2) is 22.4 Å². The molecule has 1 aliphatic heterocycles. The third-order valence-electron chi connectivity index (χ3n) is 5.81. The van der Waals surface area contributed by atoms with Crippen molar-refractivity contribution in [2.75, 3.05) is 39.2 Å². The first-order chi connectivity index (χ1) is 17.1. The highest BCUT2D eigenvalue weighted by molar-refractivity contribution is 5.89. The number of piperidine rings is 1. The number of hydrogen-bond donors (Lipinski definition) is 1. The molecule has 4 aromatic rings. The van der Waals surface area contributed by atoms with Crippen LogP contribution in [0.25, 0.3) is 27.7 Å². The third kappa shape index (κ3) is 3.84. The molecule has 0 aliphatic carbocycles. The molecule has 33 heavy (non-hydrogen) atoms. The Morgan fingerprint density at radius 2 is 2.24 bits per heavy atom. The molecule has 0 spiro atoms. The molecule has 174 valence electrons. The number of ether oxygens (including phenoxy) is 1. The van der Waals surface area contributed by atoms with Gasteiger partial charge in [0.05, 0.1) is 41.0 Å². The van der Waals surface area contributed by atoms with Crippen LogP contribution in [0.4, 0.5) is 19.1 Å². The summed E-state index contributed by atoms with van der Waals surface area (Å²) in [4.78, 5) is 6.04. The van der Waals surface area contributed by atoms with Crippen LogP contribution in [0.2, 0.25) is 0 Å². The Morgan fingerprint density at radius 3 is 3.03 bits per heavy atom. The number of anilines is 1. The molecule has 1 N–H and O–H groups in total. The van der Waals surface area contributed by atoms with E-state index < -0.39 is 37.6 Å². The number of halogens is 3. The summed E-state index contributed by atoms with van der Waals surface area (Å²) in [7, 11) is -1.08. The first-order valence-electron chi connectivity index (χ1n) is 11.9. The predicted molar refractivity (Wildman–Crippen MR) is 116 cm³/mol. The fraction of sp³-hybridized carbons (Fsp3) is 0.429. The summed E-state index contributed by atoms with van der Waals surface area (Å²) in [6.07, 6.45) is 0.328. The lowest BCUT2D eigenvalue weighted by Crippen LogP contribution is -2.46. The van der Waals surface area contributed by atoms with Crippen molar-refractivity contribution in [3.05, 3.63) is 30.2 Å². The lowest BCUT2D eigenvalue weighted by Gasteiger charge is -2.32. The highest BCUT2D eigenvalue weighted by atomic mass is 19.1. The van der Waals surface area contributed by atoms with E-state index in [1.807, 2.05) is 11.9 Å². The van der Waals surface area contributed by atoms with Crippen molar-refractivity contribution < 1.29 is 22.0 Å². The van der Waals surface area contributed by atoms with Gasteiger partial charge in [-0.1, -0.05) is 11.3 Å². The number of aromatic nitrogens is 6. The number of nitrogens with one attached hydrogen (secondary N) is 1. The number of nitrogens with zero attached hydrogens (tertiary/aromatic N) is 7. The normalized spacial score (nSPS) is 21.2. The van der Waals surface area contributed by atoms with Crippen LogP contribution >= 0.6 is 0 Å². The molecule has 0 saturated carbocycles. The molecule has 0 radical (unpaired) electrons. The van der Waals surface area contributed by atoms with Crippen LogP contribution in [0.5, 0.6) is 5.88 Å². The van der Waals surface area contributed by atoms with Crippen molar-refractivity contribution in [2.45, 2.75) is 25.2 Å². The average Bonchev–Trinajstić information content (AvgIpc) is 3.35. The van der Waals surface area contributed by atoms with Crippen LogP contribution in [0.3, 0.4) is 0 Å². The van der Waals surface area contributed by atoms with E-state index in [0.717, 1.165) is 10.7 Å². The van der Waals surface area contributed by atoms with Gasteiger partial charge < -0.3 is 15.0 Å². The summed E-state index contributed by atoms with van der Waals surface area (Å²) in [5.41, 5.74) is 1.25. The van der Waals surface area contributed by atoms with E-state index in [1.165, 1.54) is 4.68 Å². The zero-order chi connectivity index (χ0) is 25.6. The van der Waals surface area contributed by atoms with Crippen molar-refractivity contribution in [1.29, 1.82) is 0 Å². The summed E-state index contributed by atoms with van der Waals surface area (Å²) in [6.45, 7) is 0.176. The number of aryl methyl sites for hydroxylation is 1. The second-order valence-electron chi connectivity index (χ2n) is 8.01. The van der Waals surface area contributed by atoms with Crippen LogP contribution in [0.15, 0.2) is 24.4 Å².